The Labute approximate surface area is 95.9 Å². The van der Waals surface area contributed by atoms with Crippen molar-refractivity contribution in [1.82, 2.24) is 0 Å². The van der Waals surface area contributed by atoms with Crippen LogP contribution in [0.5, 0.6) is 0 Å². The van der Waals surface area contributed by atoms with Crippen LogP contribution >= 0.6 is 0 Å². The smallest absolute Gasteiger partial charge is 0.0992 e. The van der Waals surface area contributed by atoms with Crippen molar-refractivity contribution in [1.29, 1.82) is 5.26 Å². The van der Waals surface area contributed by atoms with E-state index in [1.807, 2.05) is 30.9 Å². The molecule has 0 fully saturated rings. The maximum absolute atomic E-state index is 9.00. The summed E-state index contributed by atoms with van der Waals surface area (Å²) in [5, 5.41) is 17.7. The van der Waals surface area contributed by atoms with Gasteiger partial charge in [0.2, 0.25) is 0 Å². The molecule has 1 aromatic carbocycles. The highest BCUT2D eigenvalue weighted by Crippen LogP contribution is 2.25. The van der Waals surface area contributed by atoms with Crippen molar-refractivity contribution in [3.05, 3.63) is 23.8 Å². The van der Waals surface area contributed by atoms with Crippen LogP contribution in [0, 0.1) is 11.3 Å². The highest BCUT2D eigenvalue weighted by molar-refractivity contribution is 5.69. The molecule has 4 heteroatoms. The van der Waals surface area contributed by atoms with Gasteiger partial charge in [-0.15, -0.1) is 0 Å². The largest absolute Gasteiger partial charge is 0.397 e. The van der Waals surface area contributed by atoms with Gasteiger partial charge in [0.05, 0.1) is 29.6 Å². The van der Waals surface area contributed by atoms with E-state index in [9.17, 15) is 0 Å². The van der Waals surface area contributed by atoms with Gasteiger partial charge < -0.3 is 15.7 Å². The van der Waals surface area contributed by atoms with Crippen molar-refractivity contribution < 1.29 is 5.11 Å². The van der Waals surface area contributed by atoms with Crippen LogP contribution in [0.4, 0.5) is 11.4 Å². The number of anilines is 2. The third kappa shape index (κ3) is 2.65. The molecule has 0 amide bonds. The summed E-state index contributed by atoms with van der Waals surface area (Å²) in [6, 6.07) is 7.51. The van der Waals surface area contributed by atoms with E-state index < -0.39 is 0 Å². The fourth-order valence-electron chi connectivity index (χ4n) is 1.65. The van der Waals surface area contributed by atoms with Gasteiger partial charge in [-0.3, -0.25) is 0 Å². The number of benzene rings is 1. The van der Waals surface area contributed by atoms with Crippen LogP contribution < -0.4 is 10.6 Å². The minimum Gasteiger partial charge on any atom is -0.397 e. The van der Waals surface area contributed by atoms with Gasteiger partial charge in [0.25, 0.3) is 0 Å². The molecule has 1 aromatic rings. The molecule has 0 aliphatic carbocycles. The molecule has 0 aromatic heterocycles. The van der Waals surface area contributed by atoms with E-state index in [1.54, 1.807) is 12.1 Å². The zero-order valence-electron chi connectivity index (χ0n) is 9.64. The standard InChI is InChI=1S/C12H17N3O/c1-9(2)15(5-6-16)12-4-3-10(8-13)7-11(12)14/h3-4,7,9,16H,5-6,14H2,1-2H3. The molecular weight excluding hydrogens is 202 g/mol. The van der Waals surface area contributed by atoms with Gasteiger partial charge >= 0.3 is 0 Å². The first-order valence-corrected chi connectivity index (χ1v) is 5.27. The van der Waals surface area contributed by atoms with Crippen LogP contribution in [0.25, 0.3) is 0 Å². The van der Waals surface area contributed by atoms with Crippen LogP contribution in [-0.4, -0.2) is 24.3 Å². The summed E-state index contributed by atoms with van der Waals surface area (Å²) in [5.41, 5.74) is 7.88. The molecular formula is C12H17N3O. The van der Waals surface area contributed by atoms with Crippen molar-refractivity contribution in [2.24, 2.45) is 0 Å². The Morgan fingerprint density at radius 2 is 2.19 bits per heavy atom. The normalized spacial score (nSPS) is 10.2. The average molecular weight is 219 g/mol. The third-order valence-electron chi connectivity index (χ3n) is 2.43. The van der Waals surface area contributed by atoms with Gasteiger partial charge in [0.15, 0.2) is 0 Å². The fourth-order valence-corrected chi connectivity index (χ4v) is 1.65. The Hall–Kier alpha value is -1.73. The molecule has 4 nitrogen and oxygen atoms in total. The minimum atomic E-state index is 0.0810. The van der Waals surface area contributed by atoms with Crippen LogP contribution in [0.1, 0.15) is 19.4 Å². The summed E-state index contributed by atoms with van der Waals surface area (Å²) < 4.78 is 0. The topological polar surface area (TPSA) is 73.3 Å². The molecule has 0 bridgehead atoms. The van der Waals surface area contributed by atoms with Crippen molar-refractivity contribution in [2.75, 3.05) is 23.8 Å². The summed E-state index contributed by atoms with van der Waals surface area (Å²) in [6.07, 6.45) is 0. The molecule has 0 saturated carbocycles. The summed E-state index contributed by atoms with van der Waals surface area (Å²) >= 11 is 0. The lowest BCUT2D eigenvalue weighted by Crippen LogP contribution is -2.33. The lowest BCUT2D eigenvalue weighted by Gasteiger charge is -2.29. The molecule has 0 unspecified atom stereocenters. The number of nitrogens with two attached hydrogens (primary N) is 1. The van der Waals surface area contributed by atoms with Crippen LogP contribution in [0.2, 0.25) is 0 Å². The van der Waals surface area contributed by atoms with Gasteiger partial charge in [-0.1, -0.05) is 0 Å². The molecule has 0 atom stereocenters. The number of nitrogens with zero attached hydrogens (tertiary/aromatic N) is 2. The Balaban J connectivity index is 3.06. The molecule has 0 heterocycles. The number of aliphatic hydroxyl groups excluding tert-OH is 1. The summed E-state index contributed by atoms with van der Waals surface area (Å²) in [4.78, 5) is 2.01. The first kappa shape index (κ1) is 12.3. The summed E-state index contributed by atoms with van der Waals surface area (Å²) in [7, 11) is 0. The lowest BCUT2D eigenvalue weighted by molar-refractivity contribution is 0.299. The molecule has 0 aliphatic heterocycles. The van der Waals surface area contributed by atoms with Gasteiger partial charge in [0, 0.05) is 12.6 Å². The zero-order valence-corrected chi connectivity index (χ0v) is 9.64. The molecule has 0 aliphatic rings. The minimum absolute atomic E-state index is 0.0810. The SMILES string of the molecule is CC(C)N(CCO)c1ccc(C#N)cc1N. The Kier molecular flexibility index (Phi) is 4.15. The first-order valence-electron chi connectivity index (χ1n) is 5.27. The van der Waals surface area contributed by atoms with Crippen LogP contribution in [0.3, 0.4) is 0 Å². The third-order valence-corrected chi connectivity index (χ3v) is 2.43. The van der Waals surface area contributed by atoms with Crippen LogP contribution in [0.15, 0.2) is 18.2 Å². The summed E-state index contributed by atoms with van der Waals surface area (Å²) in [5.74, 6) is 0. The summed E-state index contributed by atoms with van der Waals surface area (Å²) in [6.45, 7) is 4.69. The molecule has 0 saturated heterocycles. The quantitative estimate of drug-likeness (QED) is 0.750. The Morgan fingerprint density at radius 3 is 2.62 bits per heavy atom. The number of aliphatic hydroxyl groups is 1. The zero-order chi connectivity index (χ0) is 12.1. The van der Waals surface area contributed by atoms with Crippen molar-refractivity contribution >= 4 is 11.4 Å². The average Bonchev–Trinajstić information content (AvgIpc) is 2.26. The predicted molar refractivity (Wildman–Crippen MR) is 65.1 cm³/mol. The molecule has 1 rings (SSSR count). The molecule has 16 heavy (non-hydrogen) atoms. The molecule has 3 N–H and O–H groups in total. The predicted octanol–water partition coefficient (Wildman–Crippen LogP) is 1.35. The number of nitrogen functional groups attached to an aromatic ring is 1. The second-order valence-corrected chi connectivity index (χ2v) is 3.90. The van der Waals surface area contributed by atoms with E-state index >= 15 is 0 Å². The molecule has 0 spiro atoms. The second kappa shape index (κ2) is 5.38. The van der Waals surface area contributed by atoms with Gasteiger partial charge in [-0.25, -0.2) is 0 Å². The van der Waals surface area contributed by atoms with E-state index in [0.29, 0.717) is 17.8 Å². The number of hydrogen-bond donors (Lipinski definition) is 2. The Bertz CT molecular complexity index is 396. The van der Waals surface area contributed by atoms with Crippen molar-refractivity contribution in [3.8, 4) is 6.07 Å². The van der Waals surface area contributed by atoms with E-state index in [-0.39, 0.29) is 12.6 Å². The number of nitriles is 1. The molecule has 0 radical (unpaired) electrons. The maximum atomic E-state index is 9.00. The van der Waals surface area contributed by atoms with E-state index in [2.05, 4.69) is 0 Å². The Morgan fingerprint density at radius 1 is 1.50 bits per heavy atom. The second-order valence-electron chi connectivity index (χ2n) is 3.90. The lowest BCUT2D eigenvalue weighted by atomic mass is 10.1. The monoisotopic (exact) mass is 219 g/mol. The molecule has 86 valence electrons. The highest BCUT2D eigenvalue weighted by Gasteiger charge is 2.12. The van der Waals surface area contributed by atoms with E-state index in [4.69, 9.17) is 16.1 Å². The van der Waals surface area contributed by atoms with E-state index in [1.165, 1.54) is 0 Å². The fraction of sp³-hybridized carbons (Fsp3) is 0.417. The van der Waals surface area contributed by atoms with E-state index in [0.717, 1.165) is 5.69 Å². The van der Waals surface area contributed by atoms with Crippen molar-refractivity contribution in [2.45, 2.75) is 19.9 Å². The highest BCUT2D eigenvalue weighted by atomic mass is 16.3. The van der Waals surface area contributed by atoms with Gasteiger partial charge in [-0.05, 0) is 32.0 Å². The number of rotatable bonds is 4. The van der Waals surface area contributed by atoms with Gasteiger partial charge in [-0.2, -0.15) is 5.26 Å². The van der Waals surface area contributed by atoms with Gasteiger partial charge in [0.1, 0.15) is 0 Å². The van der Waals surface area contributed by atoms with Crippen LogP contribution in [-0.2, 0) is 0 Å². The first-order chi connectivity index (χ1) is 7.60. The number of hydrogen-bond acceptors (Lipinski definition) is 4. The van der Waals surface area contributed by atoms with Crippen molar-refractivity contribution in [3.63, 3.8) is 0 Å². The maximum Gasteiger partial charge on any atom is 0.0992 e.